The Balaban J connectivity index is 0. The zero-order valence-corrected chi connectivity index (χ0v) is 10.3. The first-order valence-corrected chi connectivity index (χ1v) is 2.96. The number of H-pyrrole nitrogens is 1. The zero-order chi connectivity index (χ0) is 7.52. The third-order valence-corrected chi connectivity index (χ3v) is 1.14. The van der Waals surface area contributed by atoms with E-state index in [1.165, 1.54) is 0 Å². The Morgan fingerprint density at radius 2 is 1.93 bits per heavy atom. The summed E-state index contributed by atoms with van der Waals surface area (Å²) in [5.74, 6) is 0.457. The topological polar surface area (TPSA) is 80.2 Å². The second-order valence-electron chi connectivity index (χ2n) is 1.83. The van der Waals surface area contributed by atoms with Gasteiger partial charge in [0.2, 0.25) is 5.82 Å². The maximum atomic E-state index is 3.97. The van der Waals surface area contributed by atoms with Crippen molar-refractivity contribution in [2.24, 2.45) is 0 Å². The molecule has 0 saturated carbocycles. The minimum absolute atomic E-state index is 0. The van der Waals surface area contributed by atoms with Crippen LogP contribution in [0.5, 0.6) is 0 Å². The van der Waals surface area contributed by atoms with E-state index in [2.05, 4.69) is 30.6 Å². The van der Waals surface area contributed by atoms with Crippen molar-refractivity contribution in [2.45, 2.75) is 0 Å². The molecule has 1 N–H and O–H groups in total. The van der Waals surface area contributed by atoms with E-state index in [1.807, 2.05) is 0 Å². The van der Waals surface area contributed by atoms with Crippen LogP contribution in [0.25, 0.3) is 11.5 Å². The molecule has 2 aromatic rings. The largest absolute Gasteiger partial charge is 2.00 e. The van der Waals surface area contributed by atoms with Gasteiger partial charge in [-0.25, -0.2) is 4.98 Å². The Morgan fingerprint density at radius 3 is 2.43 bits per heavy atom. The molecule has 0 unspecified atom stereocenters. The first kappa shape index (κ1) is 15.9. The van der Waals surface area contributed by atoms with Crippen molar-refractivity contribution in [3.8, 4) is 11.5 Å². The third-order valence-electron chi connectivity index (χ3n) is 1.14. The maximum absolute atomic E-state index is 3.97. The van der Waals surface area contributed by atoms with Gasteiger partial charge in [-0.3, -0.25) is 4.98 Å². The van der Waals surface area contributed by atoms with Gasteiger partial charge >= 0.3 is 21.1 Å². The molecule has 0 aliphatic carbocycles. The van der Waals surface area contributed by atoms with Crippen LogP contribution >= 0.6 is 0 Å². The van der Waals surface area contributed by atoms with E-state index in [4.69, 9.17) is 0 Å². The van der Waals surface area contributed by atoms with Crippen LogP contribution < -0.4 is 24.8 Å². The number of aromatic amines is 1. The van der Waals surface area contributed by atoms with Gasteiger partial charge in [0.1, 0.15) is 5.69 Å². The second-order valence-corrected chi connectivity index (χ2v) is 1.83. The summed E-state index contributed by atoms with van der Waals surface area (Å²) in [5.41, 5.74) is 0.612. The molecule has 78 valence electrons. The quantitative estimate of drug-likeness (QED) is 0.503. The SMILES string of the molecule is [Cl-].[Cl-].[Pt+2].c1cnc(-c2nn[nH]n2)cn1. The molecule has 0 atom stereocenters. The van der Waals surface area contributed by atoms with Gasteiger partial charge in [-0.05, 0) is 5.21 Å². The summed E-state index contributed by atoms with van der Waals surface area (Å²) in [7, 11) is 0. The van der Waals surface area contributed by atoms with Gasteiger partial charge in [-0.2, -0.15) is 5.21 Å². The van der Waals surface area contributed by atoms with Crippen molar-refractivity contribution in [2.75, 3.05) is 0 Å². The Labute approximate surface area is 106 Å². The summed E-state index contributed by atoms with van der Waals surface area (Å²) in [6.45, 7) is 0. The predicted molar refractivity (Wildman–Crippen MR) is 35.2 cm³/mol. The Bertz CT molecular complexity index is 327. The molecule has 2 aromatic heterocycles. The van der Waals surface area contributed by atoms with Crippen molar-refractivity contribution in [1.29, 1.82) is 0 Å². The van der Waals surface area contributed by atoms with E-state index in [0.717, 1.165) is 0 Å². The zero-order valence-electron chi connectivity index (χ0n) is 6.54. The molecule has 9 heteroatoms. The third kappa shape index (κ3) is 3.65. The summed E-state index contributed by atoms with van der Waals surface area (Å²) >= 11 is 0. The number of nitrogens with one attached hydrogen (secondary N) is 1. The summed E-state index contributed by atoms with van der Waals surface area (Å²) in [4.78, 5) is 7.83. The molecular weight excluding hydrogens is 410 g/mol. The van der Waals surface area contributed by atoms with Gasteiger partial charge in [-0.15, -0.1) is 10.2 Å². The summed E-state index contributed by atoms with van der Waals surface area (Å²) in [6.07, 6.45) is 4.74. The van der Waals surface area contributed by atoms with Gasteiger partial charge < -0.3 is 24.8 Å². The van der Waals surface area contributed by atoms with Crippen LogP contribution in [-0.2, 0) is 21.1 Å². The normalized spacial score (nSPS) is 7.71. The van der Waals surface area contributed by atoms with Crippen LogP contribution in [0, 0.1) is 0 Å². The Morgan fingerprint density at radius 1 is 1.14 bits per heavy atom. The molecular formula is C5H4Cl2N6Pt. The van der Waals surface area contributed by atoms with Gasteiger partial charge in [-0.1, -0.05) is 0 Å². The van der Waals surface area contributed by atoms with Crippen LogP contribution in [0.2, 0.25) is 0 Å². The number of rotatable bonds is 1. The molecule has 14 heavy (non-hydrogen) atoms. The molecule has 0 amide bonds. The molecule has 2 rings (SSSR count). The number of halogens is 2. The van der Waals surface area contributed by atoms with Crippen molar-refractivity contribution < 1.29 is 45.9 Å². The maximum Gasteiger partial charge on any atom is 2.00 e. The monoisotopic (exact) mass is 413 g/mol. The van der Waals surface area contributed by atoms with E-state index in [-0.39, 0.29) is 45.9 Å². The van der Waals surface area contributed by atoms with E-state index in [9.17, 15) is 0 Å². The van der Waals surface area contributed by atoms with Crippen LogP contribution in [0.4, 0.5) is 0 Å². The standard InChI is InChI=1S/C5H4N6.2ClH.Pt/c1-2-7-4(3-6-1)5-8-10-11-9-5;;;/h1-3H,(H,8,9,10,11);2*1H;/q;;;+2/p-2. The molecule has 0 spiro atoms. The molecule has 0 radical (unpaired) electrons. The van der Waals surface area contributed by atoms with Crippen molar-refractivity contribution in [3.63, 3.8) is 0 Å². The smallest absolute Gasteiger partial charge is 1.00 e. The van der Waals surface area contributed by atoms with Crippen LogP contribution in [0.15, 0.2) is 18.6 Å². The second kappa shape index (κ2) is 7.79. The van der Waals surface area contributed by atoms with Gasteiger partial charge in [0, 0.05) is 12.4 Å². The van der Waals surface area contributed by atoms with Crippen LogP contribution in [0.1, 0.15) is 0 Å². The Kier molecular flexibility index (Phi) is 8.83. The van der Waals surface area contributed by atoms with E-state index >= 15 is 0 Å². The van der Waals surface area contributed by atoms with Crippen LogP contribution in [-0.4, -0.2) is 30.6 Å². The summed E-state index contributed by atoms with van der Waals surface area (Å²) in [6, 6.07) is 0. The van der Waals surface area contributed by atoms with Gasteiger partial charge in [0.25, 0.3) is 0 Å². The molecule has 0 fully saturated rings. The number of hydrogen-bond acceptors (Lipinski definition) is 5. The molecule has 0 aromatic carbocycles. The number of nitrogens with zero attached hydrogens (tertiary/aromatic N) is 5. The fourth-order valence-electron chi connectivity index (χ4n) is 0.685. The van der Waals surface area contributed by atoms with Crippen molar-refractivity contribution in [3.05, 3.63) is 18.6 Å². The first-order chi connectivity index (χ1) is 5.47. The average molecular weight is 414 g/mol. The fourth-order valence-corrected chi connectivity index (χ4v) is 0.685. The first-order valence-electron chi connectivity index (χ1n) is 2.96. The summed E-state index contributed by atoms with van der Waals surface area (Å²) in [5, 5.41) is 13.2. The number of hydrogen-bond donors (Lipinski definition) is 1. The van der Waals surface area contributed by atoms with Crippen LogP contribution in [0.3, 0.4) is 0 Å². The number of aromatic nitrogens is 6. The molecule has 0 aliphatic heterocycles. The van der Waals surface area contributed by atoms with Crippen molar-refractivity contribution in [1.82, 2.24) is 30.6 Å². The average Bonchev–Trinajstić information content (AvgIpc) is 2.58. The van der Waals surface area contributed by atoms with Gasteiger partial charge in [0.15, 0.2) is 0 Å². The molecule has 0 aliphatic rings. The number of tetrazole rings is 1. The molecule has 0 bridgehead atoms. The molecule has 0 saturated heterocycles. The molecule has 6 nitrogen and oxygen atoms in total. The van der Waals surface area contributed by atoms with E-state index in [1.54, 1.807) is 18.6 Å². The minimum atomic E-state index is 0. The minimum Gasteiger partial charge on any atom is -1.00 e. The van der Waals surface area contributed by atoms with E-state index < -0.39 is 0 Å². The summed E-state index contributed by atoms with van der Waals surface area (Å²) < 4.78 is 0. The molecule has 2 heterocycles. The predicted octanol–water partition coefficient (Wildman–Crippen LogP) is -6.34. The van der Waals surface area contributed by atoms with Crippen molar-refractivity contribution >= 4 is 0 Å². The van der Waals surface area contributed by atoms with Gasteiger partial charge in [0.05, 0.1) is 6.20 Å². The Hall–Kier alpha value is -0.582. The van der Waals surface area contributed by atoms with E-state index in [0.29, 0.717) is 11.5 Å². The fraction of sp³-hybridized carbons (Fsp3) is 0.